The number of carbonyl (C=O) groups excluding carboxylic acids is 1. The molecule has 52 valence electrons. The molecule has 3 heteroatoms. The highest BCUT2D eigenvalue weighted by atomic mass is 19.3. The molecule has 2 nitrogen and oxygen atoms in total. The summed E-state index contributed by atoms with van der Waals surface area (Å²) in [6.07, 6.45) is 0. The topological polar surface area (TPSA) is 26.3 Å². The standard InChI is InChI=1S/C6H9FO2/c1-4(2)5(3)6(8)9-7/h4H,3H2,1-2H3. The van der Waals surface area contributed by atoms with Crippen LogP contribution in [0.1, 0.15) is 13.8 Å². The van der Waals surface area contributed by atoms with Crippen LogP contribution in [0.25, 0.3) is 0 Å². The summed E-state index contributed by atoms with van der Waals surface area (Å²) in [6, 6.07) is 0. The summed E-state index contributed by atoms with van der Waals surface area (Å²) >= 11 is 0. The van der Waals surface area contributed by atoms with Crippen LogP contribution in [-0.4, -0.2) is 5.97 Å². The van der Waals surface area contributed by atoms with Gasteiger partial charge in [0, 0.05) is 10.1 Å². The van der Waals surface area contributed by atoms with Gasteiger partial charge in [0.05, 0.1) is 0 Å². The third kappa shape index (κ3) is 2.26. The molecule has 0 radical (unpaired) electrons. The number of halogens is 1. The minimum Gasteiger partial charge on any atom is -0.250 e. The van der Waals surface area contributed by atoms with Crippen molar-refractivity contribution in [3.63, 3.8) is 0 Å². The third-order valence-electron chi connectivity index (χ3n) is 1.03. The van der Waals surface area contributed by atoms with Crippen molar-refractivity contribution in [3.8, 4) is 0 Å². The van der Waals surface area contributed by atoms with Crippen molar-refractivity contribution >= 4 is 5.97 Å². The Balaban J connectivity index is 3.89. The Bertz CT molecular complexity index is 129. The molecule has 0 fully saturated rings. The highest BCUT2D eigenvalue weighted by Crippen LogP contribution is 2.07. The van der Waals surface area contributed by atoms with Gasteiger partial charge in [0.2, 0.25) is 0 Å². The molecule has 0 saturated heterocycles. The lowest BCUT2D eigenvalue weighted by Gasteiger charge is -2.01. The minimum atomic E-state index is -0.981. The molecule has 0 aliphatic rings. The summed E-state index contributed by atoms with van der Waals surface area (Å²) in [5.74, 6) is -1.04. The van der Waals surface area contributed by atoms with Crippen molar-refractivity contribution in [3.05, 3.63) is 12.2 Å². The monoisotopic (exact) mass is 132 g/mol. The molecule has 0 rings (SSSR count). The van der Waals surface area contributed by atoms with Crippen molar-refractivity contribution in [2.24, 2.45) is 5.92 Å². The zero-order valence-electron chi connectivity index (χ0n) is 5.48. The fourth-order valence-corrected chi connectivity index (χ4v) is 0.285. The Morgan fingerprint density at radius 3 is 2.22 bits per heavy atom. The molecule has 0 bridgehead atoms. The van der Waals surface area contributed by atoms with Gasteiger partial charge in [-0.3, -0.25) is 0 Å². The highest BCUT2D eigenvalue weighted by Gasteiger charge is 2.11. The van der Waals surface area contributed by atoms with Crippen LogP contribution < -0.4 is 0 Å². The molecular formula is C6H9FO2. The molecule has 0 N–H and O–H groups in total. The van der Waals surface area contributed by atoms with E-state index in [4.69, 9.17) is 0 Å². The first-order valence-electron chi connectivity index (χ1n) is 2.61. The molecule has 0 spiro atoms. The lowest BCUT2D eigenvalue weighted by molar-refractivity contribution is -0.178. The number of carbonyl (C=O) groups is 1. The Hall–Kier alpha value is -0.860. The molecule has 0 aliphatic heterocycles. The van der Waals surface area contributed by atoms with Crippen LogP contribution in [0, 0.1) is 5.92 Å². The van der Waals surface area contributed by atoms with Gasteiger partial charge in [-0.15, -0.1) is 0 Å². The van der Waals surface area contributed by atoms with E-state index in [1.165, 1.54) is 0 Å². The molecule has 9 heavy (non-hydrogen) atoms. The van der Waals surface area contributed by atoms with E-state index < -0.39 is 5.97 Å². The number of hydrogen-bond donors (Lipinski definition) is 0. The molecule has 0 heterocycles. The second-order valence-electron chi connectivity index (χ2n) is 2.04. The summed E-state index contributed by atoms with van der Waals surface area (Å²) in [5, 5.41) is 0. The van der Waals surface area contributed by atoms with E-state index in [0.717, 1.165) is 0 Å². The van der Waals surface area contributed by atoms with Crippen LogP contribution in [0.15, 0.2) is 12.2 Å². The van der Waals surface area contributed by atoms with Crippen LogP contribution in [0.2, 0.25) is 0 Å². The molecule has 0 aromatic rings. The Morgan fingerprint density at radius 2 is 2.11 bits per heavy atom. The van der Waals surface area contributed by atoms with E-state index in [2.05, 4.69) is 11.5 Å². The minimum absolute atomic E-state index is 0.0618. The maximum absolute atomic E-state index is 11.1. The fraction of sp³-hybridized carbons (Fsp3) is 0.500. The Morgan fingerprint density at radius 1 is 1.67 bits per heavy atom. The third-order valence-corrected chi connectivity index (χ3v) is 1.03. The van der Waals surface area contributed by atoms with Crippen molar-refractivity contribution in [1.82, 2.24) is 0 Å². The number of hydrogen-bond acceptors (Lipinski definition) is 2. The van der Waals surface area contributed by atoms with Gasteiger partial charge in [-0.2, -0.15) is 0 Å². The predicted octanol–water partition coefficient (Wildman–Crippen LogP) is 1.63. The van der Waals surface area contributed by atoms with Gasteiger partial charge in [0.25, 0.3) is 0 Å². The van der Waals surface area contributed by atoms with E-state index in [1.807, 2.05) is 0 Å². The molecule has 0 amide bonds. The average molecular weight is 132 g/mol. The lowest BCUT2D eigenvalue weighted by Crippen LogP contribution is -2.06. The highest BCUT2D eigenvalue weighted by molar-refractivity contribution is 5.87. The summed E-state index contributed by atoms with van der Waals surface area (Å²) in [7, 11) is 0. The Labute approximate surface area is 53.2 Å². The van der Waals surface area contributed by atoms with E-state index in [9.17, 15) is 9.32 Å². The smallest absolute Gasteiger partial charge is 0.250 e. The molecule has 0 aromatic heterocycles. The predicted molar refractivity (Wildman–Crippen MR) is 31.2 cm³/mol. The molecular weight excluding hydrogens is 123 g/mol. The number of rotatable bonds is 2. The maximum Gasteiger partial charge on any atom is 0.375 e. The van der Waals surface area contributed by atoms with Crippen LogP contribution in [-0.2, 0) is 9.74 Å². The molecule has 0 saturated carbocycles. The van der Waals surface area contributed by atoms with Crippen molar-refractivity contribution < 1.29 is 14.3 Å². The van der Waals surface area contributed by atoms with Crippen molar-refractivity contribution in [2.75, 3.05) is 0 Å². The normalized spacial score (nSPS) is 9.33. The van der Waals surface area contributed by atoms with Gasteiger partial charge < -0.3 is 0 Å². The zero-order chi connectivity index (χ0) is 7.44. The first kappa shape index (κ1) is 8.14. The van der Waals surface area contributed by atoms with Crippen LogP contribution in [0.4, 0.5) is 4.53 Å². The van der Waals surface area contributed by atoms with Gasteiger partial charge in [0.1, 0.15) is 0 Å². The van der Waals surface area contributed by atoms with Crippen molar-refractivity contribution in [2.45, 2.75) is 13.8 Å². The van der Waals surface area contributed by atoms with E-state index in [0.29, 0.717) is 0 Å². The quantitative estimate of drug-likeness (QED) is 0.534. The summed E-state index contributed by atoms with van der Waals surface area (Å²) in [4.78, 5) is 13.2. The van der Waals surface area contributed by atoms with Gasteiger partial charge in [-0.05, 0) is 5.92 Å². The van der Waals surface area contributed by atoms with Crippen LogP contribution in [0.3, 0.4) is 0 Å². The molecule has 0 aliphatic carbocycles. The molecule has 0 atom stereocenters. The van der Waals surface area contributed by atoms with Crippen LogP contribution >= 0.6 is 0 Å². The molecule has 0 unspecified atom stereocenters. The summed E-state index contributed by atoms with van der Waals surface area (Å²) in [5.41, 5.74) is 0.150. The van der Waals surface area contributed by atoms with Crippen LogP contribution in [0.5, 0.6) is 0 Å². The van der Waals surface area contributed by atoms with Gasteiger partial charge in [-0.25, -0.2) is 9.74 Å². The zero-order valence-corrected chi connectivity index (χ0v) is 5.48. The Kier molecular flexibility index (Phi) is 2.91. The summed E-state index contributed by atoms with van der Waals surface area (Å²) < 4.78 is 11.1. The first-order chi connectivity index (χ1) is 4.09. The largest absolute Gasteiger partial charge is 0.375 e. The lowest BCUT2D eigenvalue weighted by atomic mass is 10.1. The average Bonchev–Trinajstić information content (AvgIpc) is 1.84. The van der Waals surface area contributed by atoms with E-state index in [-0.39, 0.29) is 11.5 Å². The molecule has 0 aromatic carbocycles. The van der Waals surface area contributed by atoms with E-state index >= 15 is 0 Å². The SMILES string of the molecule is C=C(C(=O)OF)C(C)C. The maximum atomic E-state index is 11.1. The van der Waals surface area contributed by atoms with E-state index in [1.54, 1.807) is 13.8 Å². The van der Waals surface area contributed by atoms with Gasteiger partial charge in [-0.1, -0.05) is 20.4 Å². The first-order valence-corrected chi connectivity index (χ1v) is 2.61. The fourth-order valence-electron chi connectivity index (χ4n) is 0.285. The second kappa shape index (κ2) is 3.22. The summed E-state index contributed by atoms with van der Waals surface area (Å²) in [6.45, 7) is 6.78. The second-order valence-corrected chi connectivity index (χ2v) is 2.04. The van der Waals surface area contributed by atoms with Crippen molar-refractivity contribution in [1.29, 1.82) is 0 Å². The van der Waals surface area contributed by atoms with Gasteiger partial charge in [0.15, 0.2) is 0 Å². The van der Waals surface area contributed by atoms with Gasteiger partial charge >= 0.3 is 5.97 Å².